The number of aromatic nitrogens is 3. The van der Waals surface area contributed by atoms with Crippen LogP contribution in [-0.2, 0) is 0 Å². The van der Waals surface area contributed by atoms with Gasteiger partial charge in [-0.05, 0) is 57.7 Å². The van der Waals surface area contributed by atoms with E-state index in [1.807, 2.05) is 46.8 Å². The van der Waals surface area contributed by atoms with E-state index in [2.05, 4.69) is 20.3 Å². The van der Waals surface area contributed by atoms with Gasteiger partial charge < -0.3 is 15.2 Å². The molecule has 0 spiro atoms. The van der Waals surface area contributed by atoms with Gasteiger partial charge in [0.25, 0.3) is 0 Å². The van der Waals surface area contributed by atoms with Crippen molar-refractivity contribution >= 4 is 6.09 Å². The number of nitrogens with zero attached hydrogens (tertiary/aromatic N) is 3. The molecule has 2 heterocycles. The second-order valence-electron chi connectivity index (χ2n) is 7.31. The fraction of sp³-hybridized carbons (Fsp3) is 0.474. The summed E-state index contributed by atoms with van der Waals surface area (Å²) in [6.45, 7) is 10.1. The van der Waals surface area contributed by atoms with Gasteiger partial charge in [0.2, 0.25) is 0 Å². The molecule has 0 unspecified atom stereocenters. The number of hydrogen-bond donors (Lipinski definition) is 2. The first-order valence-electron chi connectivity index (χ1n) is 8.56. The van der Waals surface area contributed by atoms with Crippen molar-refractivity contribution in [1.29, 1.82) is 0 Å². The van der Waals surface area contributed by atoms with Crippen LogP contribution >= 0.6 is 0 Å². The minimum absolute atomic E-state index is 0.181. The first kappa shape index (κ1) is 19.6. The molecular weight excluding hydrogens is 332 g/mol. The lowest BCUT2D eigenvalue weighted by Crippen LogP contribution is -2.44. The van der Waals surface area contributed by atoms with Crippen LogP contribution in [0.4, 0.5) is 4.79 Å². The fourth-order valence-corrected chi connectivity index (χ4v) is 2.93. The molecule has 2 aromatic heterocycles. The van der Waals surface area contributed by atoms with Crippen LogP contribution in [0, 0.1) is 19.8 Å². The lowest BCUT2D eigenvalue weighted by molar-refractivity contribution is 0.169. The SMILES string of the molecule is Cc1cc(-c2cc(C)c(OC[C@@H](C)CC(C)(C)NC(=O)O)cn2)ncn1. The van der Waals surface area contributed by atoms with Crippen LogP contribution in [0.1, 0.15) is 38.4 Å². The Morgan fingerprint density at radius 2 is 1.92 bits per heavy atom. The summed E-state index contributed by atoms with van der Waals surface area (Å²) in [5.41, 5.74) is 2.92. The summed E-state index contributed by atoms with van der Waals surface area (Å²) in [5.74, 6) is 0.899. The van der Waals surface area contributed by atoms with Crippen molar-refractivity contribution in [3.05, 3.63) is 35.9 Å². The zero-order valence-corrected chi connectivity index (χ0v) is 15.9. The summed E-state index contributed by atoms with van der Waals surface area (Å²) in [6.07, 6.45) is 2.89. The highest BCUT2D eigenvalue weighted by molar-refractivity contribution is 5.65. The minimum atomic E-state index is -1.02. The Balaban J connectivity index is 1.99. The van der Waals surface area contributed by atoms with Gasteiger partial charge in [0.15, 0.2) is 0 Å². The molecule has 0 radical (unpaired) electrons. The van der Waals surface area contributed by atoms with Gasteiger partial charge in [0.05, 0.1) is 24.2 Å². The smallest absolute Gasteiger partial charge is 0.405 e. The Kier molecular flexibility index (Phi) is 6.13. The van der Waals surface area contributed by atoms with E-state index in [4.69, 9.17) is 9.84 Å². The third kappa shape index (κ3) is 5.68. The number of rotatable bonds is 7. The topological polar surface area (TPSA) is 97.2 Å². The maximum absolute atomic E-state index is 10.8. The van der Waals surface area contributed by atoms with Crippen molar-refractivity contribution in [2.75, 3.05) is 6.61 Å². The largest absolute Gasteiger partial charge is 0.491 e. The average Bonchev–Trinajstić information content (AvgIpc) is 2.51. The van der Waals surface area contributed by atoms with Crippen LogP contribution in [-0.4, -0.2) is 38.3 Å². The van der Waals surface area contributed by atoms with E-state index in [0.29, 0.717) is 13.0 Å². The second kappa shape index (κ2) is 8.12. The summed E-state index contributed by atoms with van der Waals surface area (Å²) in [5, 5.41) is 11.4. The van der Waals surface area contributed by atoms with Gasteiger partial charge in [0, 0.05) is 11.2 Å². The molecule has 2 rings (SSSR count). The maximum atomic E-state index is 10.8. The van der Waals surface area contributed by atoms with Crippen LogP contribution in [0.15, 0.2) is 24.7 Å². The Bertz CT molecular complexity index is 777. The Morgan fingerprint density at radius 3 is 2.54 bits per heavy atom. The number of hydrogen-bond acceptors (Lipinski definition) is 5. The van der Waals surface area contributed by atoms with Gasteiger partial charge in [-0.15, -0.1) is 0 Å². The third-order valence-corrected chi connectivity index (χ3v) is 3.96. The number of nitrogens with one attached hydrogen (secondary N) is 1. The number of carboxylic acid groups (broad SMARTS) is 1. The van der Waals surface area contributed by atoms with Crippen molar-refractivity contribution in [2.24, 2.45) is 5.92 Å². The maximum Gasteiger partial charge on any atom is 0.405 e. The number of pyridine rings is 1. The molecule has 0 saturated heterocycles. The van der Waals surface area contributed by atoms with Crippen LogP contribution in [0.25, 0.3) is 11.4 Å². The predicted molar refractivity (Wildman–Crippen MR) is 99.3 cm³/mol. The molecule has 2 aromatic rings. The standard InChI is InChI=1S/C19H26N4O3/c1-12(8-19(4,5)23-18(24)25)10-26-17-9-20-15(6-13(17)2)16-7-14(3)21-11-22-16/h6-7,9,11-12,23H,8,10H2,1-5H3,(H,24,25)/t12-/m0/s1. The molecular formula is C19H26N4O3. The van der Waals surface area contributed by atoms with Crippen molar-refractivity contribution < 1.29 is 14.6 Å². The van der Waals surface area contributed by atoms with Crippen LogP contribution in [0.3, 0.4) is 0 Å². The molecule has 26 heavy (non-hydrogen) atoms. The molecule has 0 saturated carbocycles. The molecule has 7 heteroatoms. The molecule has 1 atom stereocenters. The van der Waals surface area contributed by atoms with E-state index >= 15 is 0 Å². The highest BCUT2D eigenvalue weighted by atomic mass is 16.5. The van der Waals surface area contributed by atoms with Gasteiger partial charge in [-0.25, -0.2) is 14.8 Å². The molecule has 0 aliphatic carbocycles. The molecule has 0 aliphatic heterocycles. The van der Waals surface area contributed by atoms with Crippen molar-refractivity contribution in [1.82, 2.24) is 20.3 Å². The highest BCUT2D eigenvalue weighted by Gasteiger charge is 2.23. The van der Waals surface area contributed by atoms with E-state index in [9.17, 15) is 4.79 Å². The lowest BCUT2D eigenvalue weighted by atomic mass is 9.92. The second-order valence-corrected chi connectivity index (χ2v) is 7.31. The lowest BCUT2D eigenvalue weighted by Gasteiger charge is -2.28. The molecule has 1 amide bonds. The molecule has 140 valence electrons. The molecule has 0 fully saturated rings. The van der Waals surface area contributed by atoms with Crippen molar-refractivity contribution in [2.45, 2.75) is 46.6 Å². The van der Waals surface area contributed by atoms with Crippen molar-refractivity contribution in [3.63, 3.8) is 0 Å². The molecule has 0 aliphatic rings. The van der Waals surface area contributed by atoms with Crippen LogP contribution < -0.4 is 10.1 Å². The summed E-state index contributed by atoms with van der Waals surface area (Å²) >= 11 is 0. The summed E-state index contributed by atoms with van der Waals surface area (Å²) in [6, 6.07) is 3.83. The van der Waals surface area contributed by atoms with Gasteiger partial charge in [0.1, 0.15) is 12.1 Å². The molecule has 0 aromatic carbocycles. The Labute approximate surface area is 153 Å². The van der Waals surface area contributed by atoms with Crippen LogP contribution in [0.5, 0.6) is 5.75 Å². The van der Waals surface area contributed by atoms with Crippen molar-refractivity contribution in [3.8, 4) is 17.1 Å². The fourth-order valence-electron chi connectivity index (χ4n) is 2.93. The summed E-state index contributed by atoms with van der Waals surface area (Å²) < 4.78 is 5.89. The first-order valence-corrected chi connectivity index (χ1v) is 8.56. The van der Waals surface area contributed by atoms with E-state index in [1.54, 1.807) is 6.20 Å². The van der Waals surface area contributed by atoms with Gasteiger partial charge in [-0.1, -0.05) is 6.92 Å². The molecule has 0 bridgehead atoms. The minimum Gasteiger partial charge on any atom is -0.491 e. The number of amides is 1. The zero-order valence-electron chi connectivity index (χ0n) is 15.9. The third-order valence-electron chi connectivity index (χ3n) is 3.96. The van der Waals surface area contributed by atoms with Crippen LogP contribution in [0.2, 0.25) is 0 Å². The van der Waals surface area contributed by atoms with Gasteiger partial charge in [-0.3, -0.25) is 4.98 Å². The predicted octanol–water partition coefficient (Wildman–Crippen LogP) is 3.61. The van der Waals surface area contributed by atoms with Gasteiger partial charge >= 0.3 is 6.09 Å². The molecule has 2 N–H and O–H groups in total. The quantitative estimate of drug-likeness (QED) is 0.785. The van der Waals surface area contributed by atoms with E-state index < -0.39 is 11.6 Å². The number of carbonyl (C=O) groups is 1. The van der Waals surface area contributed by atoms with E-state index in [1.165, 1.54) is 6.33 Å². The average molecular weight is 358 g/mol. The highest BCUT2D eigenvalue weighted by Crippen LogP contribution is 2.24. The summed E-state index contributed by atoms with van der Waals surface area (Å²) in [7, 11) is 0. The summed E-state index contributed by atoms with van der Waals surface area (Å²) in [4.78, 5) is 23.6. The number of aryl methyl sites for hydroxylation is 2. The zero-order chi connectivity index (χ0) is 19.3. The van der Waals surface area contributed by atoms with Gasteiger partial charge in [-0.2, -0.15) is 0 Å². The monoisotopic (exact) mass is 358 g/mol. The molecule has 7 nitrogen and oxygen atoms in total. The van der Waals surface area contributed by atoms with E-state index in [-0.39, 0.29) is 5.92 Å². The number of ether oxygens (including phenoxy) is 1. The Hall–Kier alpha value is -2.70. The normalized spacial score (nSPS) is 12.5. The first-order chi connectivity index (χ1) is 12.2. The Morgan fingerprint density at radius 1 is 1.23 bits per heavy atom. The van der Waals surface area contributed by atoms with E-state index in [0.717, 1.165) is 28.4 Å².